The van der Waals surface area contributed by atoms with Gasteiger partial charge in [-0.05, 0) is 31.4 Å². The topological polar surface area (TPSA) is 106 Å². The van der Waals surface area contributed by atoms with Gasteiger partial charge in [-0.2, -0.15) is 5.10 Å². The van der Waals surface area contributed by atoms with E-state index in [2.05, 4.69) is 20.3 Å². The van der Waals surface area contributed by atoms with Crippen LogP contribution >= 0.6 is 0 Å². The van der Waals surface area contributed by atoms with Crippen molar-refractivity contribution in [2.24, 2.45) is 10.7 Å². The quantitative estimate of drug-likeness (QED) is 0.598. The van der Waals surface area contributed by atoms with E-state index in [0.29, 0.717) is 24.1 Å². The number of fused-ring (bicyclic) bond motifs is 2. The molecule has 2 aliphatic rings. The molecule has 0 radical (unpaired) electrons. The molecular weight excluding hydrogens is 404 g/mol. The fraction of sp³-hybridized carbons (Fsp3) is 0.391. The standard InChI is InChI=1S/C23H28N8O/c1-2-3-11-30-21-19(28-23(30)29-10-6-8-17(24)14-29)13-26-31(22(21)32)15-20-25-12-16-7-4-5-9-18(16)27-20/h2-5,7,9,13,17H,6,8,10-12,14-15,24H2,1H3,(H,25,27)/b3-2+. The summed E-state index contributed by atoms with van der Waals surface area (Å²) in [5.41, 5.74) is 9.36. The predicted octanol–water partition coefficient (Wildman–Crippen LogP) is 2.12. The molecule has 1 unspecified atom stereocenters. The first-order chi connectivity index (χ1) is 15.6. The number of rotatable bonds is 5. The van der Waals surface area contributed by atoms with Crippen molar-refractivity contribution in [1.82, 2.24) is 19.3 Å². The Kier molecular flexibility index (Phi) is 5.48. The lowest BCUT2D eigenvalue weighted by Crippen LogP contribution is -2.44. The van der Waals surface area contributed by atoms with E-state index in [0.717, 1.165) is 49.0 Å². The van der Waals surface area contributed by atoms with Gasteiger partial charge in [-0.15, -0.1) is 0 Å². The number of aromatic nitrogens is 4. The van der Waals surface area contributed by atoms with Crippen LogP contribution in [0.15, 0.2) is 52.4 Å². The summed E-state index contributed by atoms with van der Waals surface area (Å²) in [6.45, 7) is 5.03. The molecular formula is C23H28N8O. The van der Waals surface area contributed by atoms with Crippen LogP contribution in [0.2, 0.25) is 0 Å². The van der Waals surface area contributed by atoms with Gasteiger partial charge in [-0.1, -0.05) is 30.4 Å². The molecule has 0 aliphatic carbocycles. The maximum atomic E-state index is 13.5. The van der Waals surface area contributed by atoms with Crippen molar-refractivity contribution in [1.29, 1.82) is 0 Å². The van der Waals surface area contributed by atoms with Crippen molar-refractivity contribution < 1.29 is 0 Å². The molecule has 9 heteroatoms. The maximum absolute atomic E-state index is 13.5. The smallest absolute Gasteiger partial charge is 0.293 e. The van der Waals surface area contributed by atoms with Crippen molar-refractivity contribution in [3.63, 3.8) is 0 Å². The second-order valence-corrected chi connectivity index (χ2v) is 8.33. The monoisotopic (exact) mass is 432 g/mol. The predicted molar refractivity (Wildman–Crippen MR) is 127 cm³/mol. The highest BCUT2D eigenvalue weighted by molar-refractivity contribution is 5.97. The van der Waals surface area contributed by atoms with E-state index in [9.17, 15) is 4.79 Å². The number of benzene rings is 1. The van der Waals surface area contributed by atoms with Crippen molar-refractivity contribution in [2.75, 3.05) is 23.3 Å². The third kappa shape index (κ3) is 3.80. The molecule has 0 saturated carbocycles. The van der Waals surface area contributed by atoms with E-state index in [1.165, 1.54) is 4.68 Å². The van der Waals surface area contributed by atoms with Gasteiger partial charge in [0, 0.05) is 31.4 Å². The summed E-state index contributed by atoms with van der Waals surface area (Å²) >= 11 is 0. The van der Waals surface area contributed by atoms with Gasteiger partial charge in [-0.25, -0.2) is 9.67 Å². The van der Waals surface area contributed by atoms with Crippen molar-refractivity contribution in [3.05, 3.63) is 58.5 Å². The lowest BCUT2D eigenvalue weighted by Gasteiger charge is -2.31. The maximum Gasteiger partial charge on any atom is 0.293 e. The number of anilines is 2. The molecule has 1 saturated heterocycles. The number of para-hydroxylation sites is 1. The van der Waals surface area contributed by atoms with Gasteiger partial charge in [0.2, 0.25) is 5.95 Å². The molecule has 9 nitrogen and oxygen atoms in total. The molecule has 5 rings (SSSR count). The number of aliphatic imine (C=N–C) groups is 1. The lowest BCUT2D eigenvalue weighted by atomic mass is 10.1. The normalized spacial score (nSPS) is 18.6. The third-order valence-electron chi connectivity index (χ3n) is 6.03. The number of hydrogen-bond donors (Lipinski definition) is 2. The van der Waals surface area contributed by atoms with E-state index < -0.39 is 0 Å². The molecule has 4 heterocycles. The first-order valence-electron chi connectivity index (χ1n) is 11.1. The van der Waals surface area contributed by atoms with Crippen LogP contribution in [-0.2, 0) is 19.6 Å². The molecule has 0 bridgehead atoms. The van der Waals surface area contributed by atoms with E-state index in [-0.39, 0.29) is 18.1 Å². The summed E-state index contributed by atoms with van der Waals surface area (Å²) in [6.07, 6.45) is 7.72. The van der Waals surface area contributed by atoms with Crippen LogP contribution in [-0.4, -0.2) is 44.3 Å². The summed E-state index contributed by atoms with van der Waals surface area (Å²) < 4.78 is 3.45. The highest BCUT2D eigenvalue weighted by atomic mass is 16.1. The number of allylic oxidation sites excluding steroid dienone is 2. The zero-order valence-electron chi connectivity index (χ0n) is 18.2. The van der Waals surface area contributed by atoms with Crippen LogP contribution in [0.3, 0.4) is 0 Å². The van der Waals surface area contributed by atoms with Gasteiger partial charge < -0.3 is 20.5 Å². The Morgan fingerprint density at radius 3 is 3.03 bits per heavy atom. The molecule has 2 aliphatic heterocycles. The highest BCUT2D eigenvalue weighted by Gasteiger charge is 2.24. The van der Waals surface area contributed by atoms with Crippen LogP contribution in [0.4, 0.5) is 11.6 Å². The van der Waals surface area contributed by atoms with Crippen molar-refractivity contribution in [3.8, 4) is 0 Å². The summed E-state index contributed by atoms with van der Waals surface area (Å²) in [7, 11) is 0. The summed E-state index contributed by atoms with van der Waals surface area (Å²) in [4.78, 5) is 25.0. The van der Waals surface area contributed by atoms with Crippen LogP contribution in [0.5, 0.6) is 0 Å². The van der Waals surface area contributed by atoms with Gasteiger partial charge in [0.05, 0.1) is 12.7 Å². The Bertz CT molecular complexity index is 1250. The Balaban J connectivity index is 1.51. The van der Waals surface area contributed by atoms with Gasteiger partial charge in [0.25, 0.3) is 5.56 Å². The number of imidazole rings is 1. The largest absolute Gasteiger partial charge is 0.342 e. The van der Waals surface area contributed by atoms with Gasteiger partial charge in [-0.3, -0.25) is 9.79 Å². The second-order valence-electron chi connectivity index (χ2n) is 8.33. The molecule has 3 aromatic rings. The Labute approximate surface area is 186 Å². The molecule has 1 aromatic carbocycles. The van der Waals surface area contributed by atoms with Crippen LogP contribution in [0, 0.1) is 0 Å². The Morgan fingerprint density at radius 2 is 2.19 bits per heavy atom. The van der Waals surface area contributed by atoms with E-state index in [1.54, 1.807) is 6.20 Å². The van der Waals surface area contributed by atoms with Gasteiger partial charge in [0.1, 0.15) is 23.4 Å². The van der Waals surface area contributed by atoms with Gasteiger partial charge >= 0.3 is 0 Å². The van der Waals surface area contributed by atoms with Crippen LogP contribution in [0.1, 0.15) is 25.3 Å². The van der Waals surface area contributed by atoms with E-state index in [1.807, 2.05) is 47.9 Å². The fourth-order valence-electron chi connectivity index (χ4n) is 4.39. The minimum Gasteiger partial charge on any atom is -0.342 e. The molecule has 1 fully saturated rings. The second kappa shape index (κ2) is 8.58. The van der Waals surface area contributed by atoms with E-state index >= 15 is 0 Å². The zero-order chi connectivity index (χ0) is 22.1. The van der Waals surface area contributed by atoms with Gasteiger partial charge in [0.15, 0.2) is 0 Å². The molecule has 1 atom stereocenters. The number of nitrogens with one attached hydrogen (secondary N) is 1. The average Bonchev–Trinajstić information content (AvgIpc) is 3.19. The Hall–Kier alpha value is -3.46. The minimum absolute atomic E-state index is 0.117. The minimum atomic E-state index is -0.171. The van der Waals surface area contributed by atoms with E-state index in [4.69, 9.17) is 10.7 Å². The first kappa shape index (κ1) is 20.4. The number of hydrogen-bond acceptors (Lipinski definition) is 7. The molecule has 32 heavy (non-hydrogen) atoms. The summed E-state index contributed by atoms with van der Waals surface area (Å²) in [5, 5.41) is 7.72. The fourth-order valence-corrected chi connectivity index (χ4v) is 4.39. The average molecular weight is 433 g/mol. The number of piperidine rings is 1. The SMILES string of the molecule is C/C=C/Cn1c(N2CCCC(N)C2)nc2cnn(CC3=NCc4ccccc4N3)c(=O)c21. The molecule has 2 aromatic heterocycles. The number of nitrogens with zero attached hydrogens (tertiary/aromatic N) is 6. The van der Waals surface area contributed by atoms with Crippen molar-refractivity contribution in [2.45, 2.75) is 45.4 Å². The summed E-state index contributed by atoms with van der Waals surface area (Å²) in [5.74, 6) is 1.51. The molecule has 0 spiro atoms. The highest BCUT2D eigenvalue weighted by Crippen LogP contribution is 2.24. The molecule has 3 N–H and O–H groups in total. The van der Waals surface area contributed by atoms with Crippen molar-refractivity contribution >= 4 is 28.5 Å². The first-order valence-corrected chi connectivity index (χ1v) is 11.1. The lowest BCUT2D eigenvalue weighted by molar-refractivity contribution is 0.495. The summed E-state index contributed by atoms with van der Waals surface area (Å²) in [6, 6.07) is 8.17. The number of nitrogens with two attached hydrogens (primary N) is 1. The van der Waals surface area contributed by atoms with Crippen LogP contribution < -0.4 is 21.5 Å². The molecule has 0 amide bonds. The third-order valence-corrected chi connectivity index (χ3v) is 6.03. The Morgan fingerprint density at radius 1 is 1.31 bits per heavy atom. The van der Waals surface area contributed by atoms with Crippen LogP contribution in [0.25, 0.3) is 11.0 Å². The molecule has 166 valence electrons. The number of amidine groups is 1. The zero-order valence-corrected chi connectivity index (χ0v) is 18.2.